The summed E-state index contributed by atoms with van der Waals surface area (Å²) in [6.45, 7) is 11.8. The van der Waals surface area contributed by atoms with Crippen LogP contribution in [0.25, 0.3) is 0 Å². The highest BCUT2D eigenvalue weighted by molar-refractivity contribution is 6.62. The van der Waals surface area contributed by atoms with Crippen LogP contribution in [-0.4, -0.2) is 30.4 Å². The second kappa shape index (κ2) is 6.34. The summed E-state index contributed by atoms with van der Waals surface area (Å²) in [4.78, 5) is 11.9. The Kier molecular flexibility index (Phi) is 4.99. The van der Waals surface area contributed by atoms with E-state index >= 15 is 0 Å². The van der Waals surface area contributed by atoms with Gasteiger partial charge in [0.1, 0.15) is 0 Å². The van der Waals surface area contributed by atoms with E-state index in [9.17, 15) is 4.79 Å². The largest absolute Gasteiger partial charge is 0.494 e. The predicted molar refractivity (Wildman–Crippen MR) is 94.5 cm³/mol. The zero-order valence-electron chi connectivity index (χ0n) is 14.5. The highest BCUT2D eigenvalue weighted by atomic mass is 35.5. The van der Waals surface area contributed by atoms with Crippen LogP contribution >= 0.6 is 11.6 Å². The lowest BCUT2D eigenvalue weighted by Crippen LogP contribution is -2.41. The van der Waals surface area contributed by atoms with E-state index in [4.69, 9.17) is 20.9 Å². The summed E-state index contributed by atoms with van der Waals surface area (Å²) in [5.41, 5.74) is 0.504. The van der Waals surface area contributed by atoms with Crippen LogP contribution in [0, 0.1) is 0 Å². The Morgan fingerprint density at radius 2 is 1.74 bits per heavy atom. The first kappa shape index (κ1) is 18.1. The van der Waals surface area contributed by atoms with Crippen molar-refractivity contribution in [1.82, 2.24) is 5.32 Å². The van der Waals surface area contributed by atoms with E-state index in [-0.39, 0.29) is 12.1 Å². The van der Waals surface area contributed by atoms with Crippen LogP contribution in [0.5, 0.6) is 0 Å². The van der Waals surface area contributed by atoms with Gasteiger partial charge in [-0.3, -0.25) is 0 Å². The first-order chi connectivity index (χ1) is 10.5. The molecule has 0 spiro atoms. The summed E-state index contributed by atoms with van der Waals surface area (Å²) >= 11 is 6.17. The van der Waals surface area contributed by atoms with Crippen molar-refractivity contribution in [3.63, 3.8) is 0 Å². The summed E-state index contributed by atoms with van der Waals surface area (Å²) < 4.78 is 12.0. The molecule has 1 aromatic carbocycles. The zero-order chi connectivity index (χ0) is 17.4. The Balaban J connectivity index is 2.20. The van der Waals surface area contributed by atoms with Gasteiger partial charge in [0, 0.05) is 6.04 Å². The minimum atomic E-state index is -0.494. The molecule has 1 heterocycles. The molecule has 0 saturated carbocycles. The van der Waals surface area contributed by atoms with Gasteiger partial charge >= 0.3 is 13.1 Å². The second-order valence-corrected chi connectivity index (χ2v) is 7.49. The molecule has 23 heavy (non-hydrogen) atoms. The molecule has 2 amide bonds. The van der Waals surface area contributed by atoms with Crippen molar-refractivity contribution in [2.75, 3.05) is 5.32 Å². The maximum Gasteiger partial charge on any atom is 0.494 e. The third-order valence-corrected chi connectivity index (χ3v) is 4.51. The molecule has 0 atom stereocenters. The molecule has 0 bridgehead atoms. The number of carbonyl (C=O) groups excluding carboxylic acids is 1. The quantitative estimate of drug-likeness (QED) is 0.832. The average Bonchev–Trinajstić information content (AvgIpc) is 2.60. The van der Waals surface area contributed by atoms with Gasteiger partial charge in [0.15, 0.2) is 0 Å². The van der Waals surface area contributed by atoms with E-state index in [1.807, 2.05) is 47.6 Å². The molecule has 126 valence electrons. The van der Waals surface area contributed by atoms with Crippen molar-refractivity contribution in [1.29, 1.82) is 0 Å². The van der Waals surface area contributed by atoms with Gasteiger partial charge in [-0.25, -0.2) is 4.79 Å². The number of anilines is 1. The molecule has 2 N–H and O–H groups in total. The first-order valence-electron chi connectivity index (χ1n) is 7.74. The maximum atomic E-state index is 11.9. The third kappa shape index (κ3) is 4.00. The molecule has 0 radical (unpaired) electrons. The molecule has 1 aliphatic heterocycles. The molecular weight excluding hydrogens is 314 g/mol. The number of hydrogen-bond donors (Lipinski definition) is 2. The molecular formula is C16H24BClN2O3. The Labute approximate surface area is 143 Å². The molecule has 0 aliphatic carbocycles. The Bertz CT molecular complexity index is 589. The highest BCUT2D eigenvalue weighted by Crippen LogP contribution is 2.36. The molecule has 5 nitrogen and oxygen atoms in total. The normalized spacial score (nSPS) is 19.0. The van der Waals surface area contributed by atoms with E-state index in [0.717, 1.165) is 5.46 Å². The van der Waals surface area contributed by atoms with Crippen LogP contribution in [0.1, 0.15) is 41.5 Å². The van der Waals surface area contributed by atoms with E-state index in [2.05, 4.69) is 10.6 Å². The van der Waals surface area contributed by atoms with Crippen molar-refractivity contribution < 1.29 is 14.1 Å². The summed E-state index contributed by atoms with van der Waals surface area (Å²) in [5, 5.41) is 5.98. The van der Waals surface area contributed by atoms with Crippen molar-refractivity contribution in [2.24, 2.45) is 0 Å². The van der Waals surface area contributed by atoms with Crippen molar-refractivity contribution >= 4 is 35.9 Å². The molecule has 0 unspecified atom stereocenters. The van der Waals surface area contributed by atoms with Crippen molar-refractivity contribution in [3.8, 4) is 0 Å². The van der Waals surface area contributed by atoms with E-state index in [1.165, 1.54) is 0 Å². The van der Waals surface area contributed by atoms with Gasteiger partial charge in [-0.2, -0.15) is 0 Å². The number of hydrogen-bond acceptors (Lipinski definition) is 3. The van der Waals surface area contributed by atoms with Gasteiger partial charge in [0.2, 0.25) is 0 Å². The predicted octanol–water partition coefficient (Wildman–Crippen LogP) is 3.17. The molecule has 2 rings (SSSR count). The third-order valence-electron chi connectivity index (χ3n) is 4.18. The lowest BCUT2D eigenvalue weighted by molar-refractivity contribution is 0.00578. The molecule has 7 heteroatoms. The number of halogens is 1. The fourth-order valence-electron chi connectivity index (χ4n) is 2.19. The number of amides is 2. The van der Waals surface area contributed by atoms with Gasteiger partial charge in [0.25, 0.3) is 0 Å². The fraction of sp³-hybridized carbons (Fsp3) is 0.562. The van der Waals surface area contributed by atoms with Crippen LogP contribution in [-0.2, 0) is 9.31 Å². The average molecular weight is 339 g/mol. The number of benzene rings is 1. The van der Waals surface area contributed by atoms with Crippen LogP contribution in [0.15, 0.2) is 18.2 Å². The van der Waals surface area contributed by atoms with Crippen molar-refractivity contribution in [3.05, 3.63) is 23.2 Å². The lowest BCUT2D eigenvalue weighted by Gasteiger charge is -2.32. The number of carbonyl (C=O) groups is 1. The first-order valence-corrected chi connectivity index (χ1v) is 8.12. The van der Waals surface area contributed by atoms with Gasteiger partial charge in [-0.15, -0.1) is 0 Å². The fourth-order valence-corrected chi connectivity index (χ4v) is 2.35. The minimum Gasteiger partial charge on any atom is -0.399 e. The van der Waals surface area contributed by atoms with Gasteiger partial charge < -0.3 is 19.9 Å². The van der Waals surface area contributed by atoms with Crippen molar-refractivity contribution in [2.45, 2.75) is 58.8 Å². The van der Waals surface area contributed by atoms with Crippen LogP contribution in [0.2, 0.25) is 5.02 Å². The van der Waals surface area contributed by atoms with Gasteiger partial charge in [-0.1, -0.05) is 17.7 Å². The molecule has 0 aromatic heterocycles. The van der Waals surface area contributed by atoms with Crippen LogP contribution in [0.3, 0.4) is 0 Å². The summed E-state index contributed by atoms with van der Waals surface area (Å²) in [6, 6.07) is 5.10. The smallest absolute Gasteiger partial charge is 0.399 e. The van der Waals surface area contributed by atoms with Gasteiger partial charge in [-0.05, 0) is 59.1 Å². The summed E-state index contributed by atoms with van der Waals surface area (Å²) in [7, 11) is -0.494. The standard InChI is InChI=1S/C16H24BClN2O3/c1-10(2)19-14(21)20-13-9-11(7-8-12(13)18)17-22-15(3,4)16(5,6)23-17/h7-10H,1-6H3,(H2,19,20,21). The van der Waals surface area contributed by atoms with E-state index in [1.54, 1.807) is 12.1 Å². The number of urea groups is 1. The van der Waals surface area contributed by atoms with Gasteiger partial charge in [0.05, 0.1) is 21.9 Å². The Morgan fingerprint density at radius 3 is 2.26 bits per heavy atom. The summed E-state index contributed by atoms with van der Waals surface area (Å²) in [6.07, 6.45) is 0. The maximum absolute atomic E-state index is 11.9. The second-order valence-electron chi connectivity index (χ2n) is 7.08. The Hall–Kier alpha value is -1.24. The summed E-state index contributed by atoms with van der Waals surface area (Å²) in [5.74, 6) is 0. The minimum absolute atomic E-state index is 0.0417. The number of nitrogens with one attached hydrogen (secondary N) is 2. The molecule has 1 aliphatic rings. The molecule has 1 saturated heterocycles. The SMILES string of the molecule is CC(C)NC(=O)Nc1cc(B2OC(C)(C)C(C)(C)O2)ccc1Cl. The monoisotopic (exact) mass is 338 g/mol. The topological polar surface area (TPSA) is 59.6 Å². The van der Waals surface area contributed by atoms with Crippen LogP contribution in [0.4, 0.5) is 10.5 Å². The van der Waals surface area contributed by atoms with Crippen LogP contribution < -0.4 is 16.1 Å². The molecule has 1 fully saturated rings. The Morgan fingerprint density at radius 1 is 1.17 bits per heavy atom. The lowest BCUT2D eigenvalue weighted by atomic mass is 9.79. The number of rotatable bonds is 3. The zero-order valence-corrected chi connectivity index (χ0v) is 15.2. The highest BCUT2D eigenvalue weighted by Gasteiger charge is 2.51. The molecule has 1 aromatic rings. The van der Waals surface area contributed by atoms with E-state index < -0.39 is 18.3 Å². The van der Waals surface area contributed by atoms with E-state index in [0.29, 0.717) is 10.7 Å².